The Kier molecular flexibility index (Phi) is 10.7. The molecule has 0 unspecified atom stereocenters. The lowest BCUT2D eigenvalue weighted by molar-refractivity contribution is -0.143. The summed E-state index contributed by atoms with van der Waals surface area (Å²) in [6, 6.07) is 12.6. The van der Waals surface area contributed by atoms with Gasteiger partial charge < -0.3 is 15.0 Å². The molecule has 2 amide bonds. The minimum atomic E-state index is -0.600. The van der Waals surface area contributed by atoms with E-state index in [-0.39, 0.29) is 24.5 Å². The molecule has 0 fully saturated rings. The minimum Gasteiger partial charge on any atom is -0.483 e. The Hall–Kier alpha value is -2.05. The zero-order chi connectivity index (χ0) is 24.5. The van der Waals surface area contributed by atoms with Crippen LogP contribution in [0, 0.1) is 0 Å². The van der Waals surface area contributed by atoms with Crippen molar-refractivity contribution >= 4 is 39.3 Å². The molecular formula is C26H34BrClN2O3. The lowest BCUT2D eigenvalue weighted by atomic mass is 10.0. The Morgan fingerprint density at radius 1 is 1.06 bits per heavy atom. The topological polar surface area (TPSA) is 58.6 Å². The molecular weight excluding hydrogens is 504 g/mol. The van der Waals surface area contributed by atoms with E-state index in [9.17, 15) is 9.59 Å². The lowest BCUT2D eigenvalue weighted by Gasteiger charge is -2.31. The van der Waals surface area contributed by atoms with E-state index in [1.54, 1.807) is 17.0 Å². The fourth-order valence-corrected chi connectivity index (χ4v) is 4.00. The van der Waals surface area contributed by atoms with Crippen LogP contribution in [0.3, 0.4) is 0 Å². The fourth-order valence-electron chi connectivity index (χ4n) is 3.36. The quantitative estimate of drug-likeness (QED) is 0.364. The first-order valence-corrected chi connectivity index (χ1v) is 12.6. The van der Waals surface area contributed by atoms with Crippen LogP contribution < -0.4 is 10.1 Å². The number of hydrogen-bond donors (Lipinski definition) is 1. The molecule has 2 rings (SSSR count). The average Bonchev–Trinajstić information content (AvgIpc) is 2.78. The molecule has 0 aliphatic heterocycles. The van der Waals surface area contributed by atoms with Crippen LogP contribution in [0.25, 0.3) is 0 Å². The predicted octanol–water partition coefficient (Wildman–Crippen LogP) is 6.33. The van der Waals surface area contributed by atoms with Crippen molar-refractivity contribution in [1.82, 2.24) is 10.2 Å². The van der Waals surface area contributed by atoms with Crippen LogP contribution in [0.2, 0.25) is 5.02 Å². The van der Waals surface area contributed by atoms with Crippen molar-refractivity contribution < 1.29 is 14.3 Å². The molecule has 0 heterocycles. The number of carbonyl (C=O) groups is 2. The van der Waals surface area contributed by atoms with Crippen molar-refractivity contribution in [2.45, 2.75) is 72.0 Å². The molecule has 0 spiro atoms. The van der Waals surface area contributed by atoms with Gasteiger partial charge in [0, 0.05) is 17.6 Å². The third-order valence-electron chi connectivity index (χ3n) is 5.63. The van der Waals surface area contributed by atoms with E-state index in [4.69, 9.17) is 16.3 Å². The van der Waals surface area contributed by atoms with Gasteiger partial charge in [-0.3, -0.25) is 9.59 Å². The van der Waals surface area contributed by atoms with Crippen molar-refractivity contribution in [2.75, 3.05) is 6.61 Å². The molecule has 2 atom stereocenters. The van der Waals surface area contributed by atoms with E-state index in [0.717, 1.165) is 16.5 Å². The Bertz CT molecular complexity index is 934. The number of ether oxygens (including phenoxy) is 1. The van der Waals surface area contributed by atoms with Crippen molar-refractivity contribution in [3.63, 3.8) is 0 Å². The Balaban J connectivity index is 2.22. The number of nitrogens with one attached hydrogen (secondary N) is 1. The van der Waals surface area contributed by atoms with Crippen molar-refractivity contribution in [2.24, 2.45) is 0 Å². The van der Waals surface area contributed by atoms with E-state index in [1.807, 2.05) is 51.1 Å². The molecule has 7 heteroatoms. The first-order chi connectivity index (χ1) is 15.7. The van der Waals surface area contributed by atoms with E-state index in [2.05, 4.69) is 35.1 Å². The van der Waals surface area contributed by atoms with Crippen LogP contribution in [-0.2, 0) is 16.1 Å². The first kappa shape index (κ1) is 27.2. The van der Waals surface area contributed by atoms with Gasteiger partial charge in [-0.05, 0) is 77.0 Å². The van der Waals surface area contributed by atoms with Crippen molar-refractivity contribution in [1.29, 1.82) is 0 Å². The third kappa shape index (κ3) is 8.04. The summed E-state index contributed by atoms with van der Waals surface area (Å²) < 4.78 is 6.66. The SMILES string of the molecule is CC[C@H](C(=O)N[C@@H](C)CC)N(Cc1ccc(Cl)cc1)C(=O)COc1ccc(C(C)C)cc1Br. The van der Waals surface area contributed by atoms with Gasteiger partial charge >= 0.3 is 0 Å². The summed E-state index contributed by atoms with van der Waals surface area (Å²) in [7, 11) is 0. The maximum Gasteiger partial charge on any atom is 0.261 e. The molecule has 0 aliphatic carbocycles. The summed E-state index contributed by atoms with van der Waals surface area (Å²) in [5.41, 5.74) is 2.07. The highest BCUT2D eigenvalue weighted by molar-refractivity contribution is 9.10. The zero-order valence-corrected chi connectivity index (χ0v) is 22.4. The summed E-state index contributed by atoms with van der Waals surface area (Å²) >= 11 is 9.56. The number of nitrogens with zero attached hydrogens (tertiary/aromatic N) is 1. The predicted molar refractivity (Wildman–Crippen MR) is 138 cm³/mol. The molecule has 1 N–H and O–H groups in total. The van der Waals surface area contributed by atoms with Crippen molar-refractivity contribution in [3.05, 3.63) is 63.1 Å². The number of carbonyl (C=O) groups excluding carboxylic acids is 2. The number of halogens is 2. The molecule has 0 aromatic heterocycles. The number of rotatable bonds is 11. The normalized spacial score (nSPS) is 12.8. The summed E-state index contributed by atoms with van der Waals surface area (Å²) in [5.74, 6) is 0.574. The van der Waals surface area contributed by atoms with Crippen molar-refractivity contribution in [3.8, 4) is 5.75 Å². The first-order valence-electron chi connectivity index (χ1n) is 11.4. The molecule has 5 nitrogen and oxygen atoms in total. The average molecular weight is 538 g/mol. The molecule has 0 aliphatic rings. The molecule has 2 aromatic rings. The van der Waals surface area contributed by atoms with Crippen LogP contribution >= 0.6 is 27.5 Å². The zero-order valence-electron chi connectivity index (χ0n) is 20.0. The molecule has 0 radical (unpaired) electrons. The molecule has 0 bridgehead atoms. The van der Waals surface area contributed by atoms with Crippen LogP contribution in [0.5, 0.6) is 5.75 Å². The van der Waals surface area contributed by atoms with Gasteiger partial charge in [-0.2, -0.15) is 0 Å². The molecule has 0 saturated carbocycles. The highest BCUT2D eigenvalue weighted by atomic mass is 79.9. The van der Waals surface area contributed by atoms with E-state index in [1.165, 1.54) is 5.56 Å². The van der Waals surface area contributed by atoms with E-state index < -0.39 is 6.04 Å². The molecule has 180 valence electrons. The van der Waals surface area contributed by atoms with Gasteiger partial charge in [-0.1, -0.05) is 57.5 Å². The van der Waals surface area contributed by atoms with Gasteiger partial charge in [-0.25, -0.2) is 0 Å². The summed E-state index contributed by atoms with van der Waals surface area (Å²) in [6.45, 7) is 10.2. The highest BCUT2D eigenvalue weighted by Gasteiger charge is 2.29. The second kappa shape index (κ2) is 13.0. The lowest BCUT2D eigenvalue weighted by Crippen LogP contribution is -2.51. The van der Waals surface area contributed by atoms with Gasteiger partial charge in [-0.15, -0.1) is 0 Å². The van der Waals surface area contributed by atoms with Gasteiger partial charge in [0.05, 0.1) is 4.47 Å². The molecule has 0 saturated heterocycles. The monoisotopic (exact) mass is 536 g/mol. The van der Waals surface area contributed by atoms with Gasteiger partial charge in [0.1, 0.15) is 11.8 Å². The van der Waals surface area contributed by atoms with Gasteiger partial charge in [0.15, 0.2) is 6.61 Å². The highest BCUT2D eigenvalue weighted by Crippen LogP contribution is 2.29. The maximum atomic E-state index is 13.3. The molecule has 2 aromatic carbocycles. The van der Waals surface area contributed by atoms with Crippen LogP contribution in [0.4, 0.5) is 0 Å². The number of amides is 2. The number of benzene rings is 2. The van der Waals surface area contributed by atoms with Crippen LogP contribution in [0.1, 0.15) is 64.5 Å². The Morgan fingerprint density at radius 3 is 2.27 bits per heavy atom. The van der Waals surface area contributed by atoms with Gasteiger partial charge in [0.25, 0.3) is 5.91 Å². The Morgan fingerprint density at radius 2 is 1.73 bits per heavy atom. The second-order valence-corrected chi connectivity index (χ2v) is 9.81. The fraction of sp³-hybridized carbons (Fsp3) is 0.462. The number of hydrogen-bond acceptors (Lipinski definition) is 3. The van der Waals surface area contributed by atoms with E-state index >= 15 is 0 Å². The summed E-state index contributed by atoms with van der Waals surface area (Å²) in [6.07, 6.45) is 1.31. The summed E-state index contributed by atoms with van der Waals surface area (Å²) in [5, 5.41) is 3.63. The standard InChI is InChI=1S/C26H34BrClN2O3/c1-6-18(5)29-26(32)23(7-2)30(15-19-8-11-21(28)12-9-19)25(31)16-33-24-13-10-20(17(3)4)14-22(24)27/h8-14,17-18,23H,6-7,15-16H2,1-5H3,(H,29,32)/t18-,23+/m0/s1. The molecule has 33 heavy (non-hydrogen) atoms. The largest absolute Gasteiger partial charge is 0.483 e. The Labute approximate surface area is 211 Å². The van der Waals surface area contributed by atoms with Crippen LogP contribution in [0.15, 0.2) is 46.9 Å². The smallest absolute Gasteiger partial charge is 0.261 e. The minimum absolute atomic E-state index is 0.0331. The maximum absolute atomic E-state index is 13.3. The van der Waals surface area contributed by atoms with Crippen LogP contribution in [-0.4, -0.2) is 35.4 Å². The third-order valence-corrected chi connectivity index (χ3v) is 6.50. The van der Waals surface area contributed by atoms with E-state index in [0.29, 0.717) is 29.7 Å². The van der Waals surface area contributed by atoms with Gasteiger partial charge in [0.2, 0.25) is 5.91 Å². The second-order valence-electron chi connectivity index (χ2n) is 8.52. The summed E-state index contributed by atoms with van der Waals surface area (Å²) in [4.78, 5) is 27.9.